The number of fused-ring (bicyclic) bond motifs is 1. The van der Waals surface area contributed by atoms with E-state index in [1.54, 1.807) is 17.0 Å². The van der Waals surface area contributed by atoms with Gasteiger partial charge in [-0.25, -0.2) is 0 Å². The molecule has 0 aromatic carbocycles. The molecule has 3 saturated heterocycles. The molecule has 1 aromatic rings. The number of rotatable bonds is 2. The average molecular weight is 332 g/mol. The number of carbonyl (C=O) groups is 2. The number of likely N-dealkylation sites (tertiary alicyclic amines) is 1. The predicted molar refractivity (Wildman–Crippen MR) is 82.2 cm³/mol. The van der Waals surface area contributed by atoms with Crippen molar-refractivity contribution in [1.29, 1.82) is 0 Å². The van der Waals surface area contributed by atoms with Crippen LogP contribution in [0.1, 0.15) is 23.3 Å². The maximum absolute atomic E-state index is 12.6. The molecule has 128 valence electrons. The molecule has 4 rings (SSSR count). The minimum Gasteiger partial charge on any atom is -0.381 e. The first-order chi connectivity index (χ1) is 11.7. The number of morpholine rings is 1. The largest absolute Gasteiger partial charge is 0.381 e. The predicted octanol–water partition coefficient (Wildman–Crippen LogP) is -0.293. The van der Waals surface area contributed by atoms with E-state index >= 15 is 0 Å². The first kappa shape index (κ1) is 15.5. The standard InChI is InChI=1S/C16H20N4O4/c21-15-10-24-14-9-19(16(22)12-2-1-5-17-18-12)8-13(14)20(15)11-3-6-23-7-4-11/h1-2,5,11,13-14H,3-4,6-10H2/t13-,14-/m0/s1. The van der Waals surface area contributed by atoms with Gasteiger partial charge in [0.2, 0.25) is 5.91 Å². The Balaban J connectivity index is 1.51. The van der Waals surface area contributed by atoms with E-state index in [-0.39, 0.29) is 36.6 Å². The molecule has 3 fully saturated rings. The van der Waals surface area contributed by atoms with Crippen LogP contribution in [0.15, 0.2) is 18.3 Å². The van der Waals surface area contributed by atoms with Crippen LogP contribution >= 0.6 is 0 Å². The van der Waals surface area contributed by atoms with E-state index in [0.717, 1.165) is 12.8 Å². The van der Waals surface area contributed by atoms with Crippen LogP contribution in [-0.2, 0) is 14.3 Å². The summed E-state index contributed by atoms with van der Waals surface area (Å²) in [7, 11) is 0. The van der Waals surface area contributed by atoms with Crippen LogP contribution in [0.5, 0.6) is 0 Å². The number of ether oxygens (including phenoxy) is 2. The zero-order valence-corrected chi connectivity index (χ0v) is 13.3. The topological polar surface area (TPSA) is 84.9 Å². The van der Waals surface area contributed by atoms with Crippen molar-refractivity contribution in [3.8, 4) is 0 Å². The fraction of sp³-hybridized carbons (Fsp3) is 0.625. The number of hydrogen-bond donors (Lipinski definition) is 0. The van der Waals surface area contributed by atoms with Crippen LogP contribution < -0.4 is 0 Å². The lowest BCUT2D eigenvalue weighted by Crippen LogP contribution is -2.58. The van der Waals surface area contributed by atoms with Crippen LogP contribution in [0.3, 0.4) is 0 Å². The normalized spacial score (nSPS) is 28.1. The highest BCUT2D eigenvalue weighted by molar-refractivity contribution is 5.92. The molecule has 0 saturated carbocycles. The van der Waals surface area contributed by atoms with Crippen LogP contribution in [0, 0.1) is 0 Å². The Labute approximate surface area is 139 Å². The molecule has 24 heavy (non-hydrogen) atoms. The second-order valence-corrected chi connectivity index (χ2v) is 6.38. The van der Waals surface area contributed by atoms with Gasteiger partial charge in [-0.1, -0.05) is 0 Å². The second kappa shape index (κ2) is 6.45. The molecular formula is C16H20N4O4. The molecule has 2 amide bonds. The monoisotopic (exact) mass is 332 g/mol. The summed E-state index contributed by atoms with van der Waals surface area (Å²) in [6, 6.07) is 3.43. The van der Waals surface area contributed by atoms with Crippen molar-refractivity contribution in [3.05, 3.63) is 24.0 Å². The Kier molecular flexibility index (Phi) is 4.15. The zero-order valence-electron chi connectivity index (χ0n) is 13.3. The summed E-state index contributed by atoms with van der Waals surface area (Å²) in [6.45, 7) is 2.39. The quantitative estimate of drug-likeness (QED) is 0.740. The highest BCUT2D eigenvalue weighted by atomic mass is 16.5. The summed E-state index contributed by atoms with van der Waals surface area (Å²) in [5.74, 6) is -0.155. The molecule has 2 atom stereocenters. The summed E-state index contributed by atoms with van der Waals surface area (Å²) >= 11 is 0. The smallest absolute Gasteiger partial charge is 0.274 e. The summed E-state index contributed by atoms with van der Waals surface area (Å²) in [5.41, 5.74) is 0.320. The molecule has 3 aliphatic heterocycles. The van der Waals surface area contributed by atoms with E-state index in [1.165, 1.54) is 6.20 Å². The summed E-state index contributed by atoms with van der Waals surface area (Å²) < 4.78 is 11.1. The van der Waals surface area contributed by atoms with Crippen molar-refractivity contribution in [2.75, 3.05) is 32.9 Å². The van der Waals surface area contributed by atoms with Crippen molar-refractivity contribution in [1.82, 2.24) is 20.0 Å². The van der Waals surface area contributed by atoms with E-state index in [9.17, 15) is 9.59 Å². The lowest BCUT2D eigenvalue weighted by atomic mass is 10.0. The van der Waals surface area contributed by atoms with Crippen LogP contribution in [0.4, 0.5) is 0 Å². The molecule has 4 heterocycles. The lowest BCUT2D eigenvalue weighted by molar-refractivity contribution is -0.159. The summed E-state index contributed by atoms with van der Waals surface area (Å²) in [6.07, 6.45) is 3.08. The van der Waals surface area contributed by atoms with Gasteiger partial charge in [-0.05, 0) is 25.0 Å². The van der Waals surface area contributed by atoms with Crippen molar-refractivity contribution in [2.24, 2.45) is 0 Å². The van der Waals surface area contributed by atoms with E-state index in [1.807, 2.05) is 4.90 Å². The van der Waals surface area contributed by atoms with Crippen molar-refractivity contribution in [2.45, 2.75) is 31.0 Å². The molecule has 3 aliphatic rings. The first-order valence-electron chi connectivity index (χ1n) is 8.31. The third-order valence-electron chi connectivity index (χ3n) is 4.97. The first-order valence-corrected chi connectivity index (χ1v) is 8.31. The number of carbonyl (C=O) groups excluding carboxylic acids is 2. The molecular weight excluding hydrogens is 312 g/mol. The maximum Gasteiger partial charge on any atom is 0.274 e. The van der Waals surface area contributed by atoms with Crippen molar-refractivity contribution >= 4 is 11.8 Å². The Morgan fingerprint density at radius 3 is 2.83 bits per heavy atom. The molecule has 1 aromatic heterocycles. The molecule has 0 radical (unpaired) electrons. The molecule has 0 spiro atoms. The van der Waals surface area contributed by atoms with Crippen LogP contribution in [0.25, 0.3) is 0 Å². The molecule has 0 aliphatic carbocycles. The van der Waals surface area contributed by atoms with Crippen molar-refractivity contribution in [3.63, 3.8) is 0 Å². The highest BCUT2D eigenvalue weighted by Gasteiger charge is 2.47. The molecule has 8 nitrogen and oxygen atoms in total. The van der Waals surface area contributed by atoms with Gasteiger partial charge in [0.1, 0.15) is 6.61 Å². The van der Waals surface area contributed by atoms with Gasteiger partial charge in [-0.15, -0.1) is 5.10 Å². The van der Waals surface area contributed by atoms with E-state index in [2.05, 4.69) is 10.2 Å². The van der Waals surface area contributed by atoms with Crippen molar-refractivity contribution < 1.29 is 19.1 Å². The summed E-state index contributed by atoms with van der Waals surface area (Å²) in [4.78, 5) is 28.7. The number of hydrogen-bond acceptors (Lipinski definition) is 6. The zero-order chi connectivity index (χ0) is 16.5. The van der Waals surface area contributed by atoms with Gasteiger partial charge in [0.05, 0.1) is 12.1 Å². The highest BCUT2D eigenvalue weighted by Crippen LogP contribution is 2.29. The Morgan fingerprint density at radius 2 is 2.08 bits per heavy atom. The van der Waals surface area contributed by atoms with Gasteiger partial charge < -0.3 is 19.3 Å². The molecule has 0 N–H and O–H groups in total. The summed E-state index contributed by atoms with van der Waals surface area (Å²) in [5, 5.41) is 7.65. The van der Waals surface area contributed by atoms with Gasteiger partial charge in [-0.3, -0.25) is 9.59 Å². The lowest BCUT2D eigenvalue weighted by Gasteiger charge is -2.43. The van der Waals surface area contributed by atoms with Crippen LogP contribution in [0.2, 0.25) is 0 Å². The number of amides is 2. The molecule has 0 unspecified atom stereocenters. The average Bonchev–Trinajstić information content (AvgIpc) is 3.06. The fourth-order valence-electron chi connectivity index (χ4n) is 3.81. The number of nitrogens with zero attached hydrogens (tertiary/aromatic N) is 4. The SMILES string of the molecule is O=C(c1cccnn1)N1C[C@@H]2OCC(=O)N(C3CCOCC3)[C@H]2C1. The second-order valence-electron chi connectivity index (χ2n) is 6.38. The Hall–Kier alpha value is -2.06. The van der Waals surface area contributed by atoms with Gasteiger partial charge in [0.15, 0.2) is 5.69 Å². The van der Waals surface area contributed by atoms with Crippen LogP contribution in [-0.4, -0.2) is 82.9 Å². The Morgan fingerprint density at radius 1 is 1.25 bits per heavy atom. The third kappa shape index (κ3) is 2.76. The van der Waals surface area contributed by atoms with Gasteiger partial charge in [-0.2, -0.15) is 5.10 Å². The molecule has 8 heteroatoms. The van der Waals surface area contributed by atoms with Gasteiger partial charge >= 0.3 is 0 Å². The Bertz CT molecular complexity index is 620. The van der Waals surface area contributed by atoms with E-state index in [0.29, 0.717) is 32.0 Å². The van der Waals surface area contributed by atoms with E-state index < -0.39 is 0 Å². The maximum atomic E-state index is 12.6. The minimum absolute atomic E-state index is 0.0111. The molecule has 0 bridgehead atoms. The van der Waals surface area contributed by atoms with Gasteiger partial charge in [0.25, 0.3) is 5.91 Å². The number of aromatic nitrogens is 2. The van der Waals surface area contributed by atoms with E-state index in [4.69, 9.17) is 9.47 Å². The minimum atomic E-state index is -0.166. The third-order valence-corrected chi connectivity index (χ3v) is 4.97. The fourth-order valence-corrected chi connectivity index (χ4v) is 3.81. The van der Waals surface area contributed by atoms with Gasteiger partial charge in [0, 0.05) is 38.5 Å².